The van der Waals surface area contributed by atoms with E-state index in [9.17, 15) is 0 Å². The maximum atomic E-state index is 4.20. The first kappa shape index (κ1) is 19.8. The maximum Gasteiger partial charge on any atom is 0.0726 e. The molecule has 1 heteroatoms. The maximum absolute atomic E-state index is 4.20. The van der Waals surface area contributed by atoms with Crippen molar-refractivity contribution in [3.05, 3.63) is 113 Å². The Bertz CT molecular complexity index is 1460. The van der Waals surface area contributed by atoms with E-state index in [1.165, 1.54) is 88.7 Å². The largest absolute Gasteiger partial charge is 0.380 e. The molecule has 1 N–H and O–H groups in total. The molecule has 36 heavy (non-hydrogen) atoms. The van der Waals surface area contributed by atoms with E-state index >= 15 is 0 Å². The van der Waals surface area contributed by atoms with E-state index in [1.54, 1.807) is 0 Å². The summed E-state index contributed by atoms with van der Waals surface area (Å²) in [6.07, 6.45) is 8.55. The molecule has 4 aromatic rings. The second kappa shape index (κ2) is 6.71. The van der Waals surface area contributed by atoms with Crippen LogP contribution in [-0.4, -0.2) is 5.54 Å². The van der Waals surface area contributed by atoms with Crippen LogP contribution in [0, 0.1) is 17.8 Å². The molecule has 0 amide bonds. The van der Waals surface area contributed by atoms with Crippen molar-refractivity contribution in [3.8, 4) is 22.3 Å². The number of rotatable bonds is 2. The van der Waals surface area contributed by atoms with Crippen molar-refractivity contribution in [2.45, 2.75) is 49.5 Å². The zero-order chi connectivity index (χ0) is 23.5. The SMILES string of the molecule is c1ccc2c(c1)-c1ccccc1C21c2ccccc2-c2ccc(NC34CC5CC(CC(C5)C3)C4)cc21. The molecule has 0 saturated heterocycles. The summed E-state index contributed by atoms with van der Waals surface area (Å²) in [7, 11) is 0. The third-order valence-electron chi connectivity index (χ3n) is 10.4. The lowest BCUT2D eigenvalue weighted by molar-refractivity contribution is 0.0107. The zero-order valence-corrected chi connectivity index (χ0v) is 20.6. The molecule has 4 fully saturated rings. The Morgan fingerprint density at radius 1 is 0.500 bits per heavy atom. The summed E-state index contributed by atoms with van der Waals surface area (Å²) in [5.74, 6) is 2.84. The molecule has 0 heterocycles. The highest BCUT2D eigenvalue weighted by Gasteiger charge is 2.53. The topological polar surface area (TPSA) is 12.0 Å². The van der Waals surface area contributed by atoms with Crippen LogP contribution in [0.15, 0.2) is 91.0 Å². The van der Waals surface area contributed by atoms with Gasteiger partial charge in [0, 0.05) is 11.2 Å². The molecule has 176 valence electrons. The summed E-state index contributed by atoms with van der Waals surface area (Å²) in [5.41, 5.74) is 12.7. The summed E-state index contributed by atoms with van der Waals surface area (Å²) < 4.78 is 0. The van der Waals surface area contributed by atoms with Crippen molar-refractivity contribution in [3.63, 3.8) is 0 Å². The Hall–Kier alpha value is -3.32. The third kappa shape index (κ3) is 2.37. The minimum Gasteiger partial charge on any atom is -0.380 e. The molecule has 6 aliphatic rings. The average molecular weight is 466 g/mol. The van der Waals surface area contributed by atoms with E-state index in [1.807, 2.05) is 0 Å². The Labute approximate surface area is 213 Å². The van der Waals surface area contributed by atoms with Crippen LogP contribution < -0.4 is 5.32 Å². The lowest BCUT2D eigenvalue weighted by atomic mass is 9.53. The Kier molecular flexibility index (Phi) is 3.69. The predicted octanol–water partition coefficient (Wildman–Crippen LogP) is 8.41. The predicted molar refractivity (Wildman–Crippen MR) is 147 cm³/mol. The molecule has 4 saturated carbocycles. The van der Waals surface area contributed by atoms with Crippen molar-refractivity contribution >= 4 is 5.69 Å². The van der Waals surface area contributed by atoms with Crippen molar-refractivity contribution in [2.24, 2.45) is 17.8 Å². The molecular weight excluding hydrogens is 434 g/mol. The van der Waals surface area contributed by atoms with Crippen LogP contribution in [0.3, 0.4) is 0 Å². The van der Waals surface area contributed by atoms with Crippen LogP contribution in [-0.2, 0) is 5.41 Å². The molecular formula is C35H31N. The minimum absolute atomic E-state index is 0.238. The van der Waals surface area contributed by atoms with Crippen LogP contribution in [0.1, 0.15) is 60.8 Å². The molecule has 10 rings (SSSR count). The second-order valence-electron chi connectivity index (χ2n) is 12.5. The van der Waals surface area contributed by atoms with Gasteiger partial charge in [-0.2, -0.15) is 0 Å². The first-order valence-electron chi connectivity index (χ1n) is 14.0. The van der Waals surface area contributed by atoms with E-state index in [-0.39, 0.29) is 5.41 Å². The smallest absolute Gasteiger partial charge is 0.0726 e. The monoisotopic (exact) mass is 465 g/mol. The first-order chi connectivity index (χ1) is 17.7. The van der Waals surface area contributed by atoms with Gasteiger partial charge in [0.15, 0.2) is 0 Å². The van der Waals surface area contributed by atoms with E-state index in [4.69, 9.17) is 0 Å². The summed E-state index contributed by atoms with van der Waals surface area (Å²) in [6, 6.07) is 34.7. The molecule has 6 aliphatic carbocycles. The highest BCUT2D eigenvalue weighted by atomic mass is 15.0. The summed E-state index contributed by atoms with van der Waals surface area (Å²) in [4.78, 5) is 0. The molecule has 4 bridgehead atoms. The normalized spacial score (nSPS) is 29.1. The Morgan fingerprint density at radius 2 is 0.944 bits per heavy atom. The van der Waals surface area contributed by atoms with Crippen molar-refractivity contribution in [1.82, 2.24) is 0 Å². The average Bonchev–Trinajstić information content (AvgIpc) is 3.35. The van der Waals surface area contributed by atoms with Gasteiger partial charge in [0.1, 0.15) is 0 Å². The quantitative estimate of drug-likeness (QED) is 0.271. The van der Waals surface area contributed by atoms with Gasteiger partial charge in [-0.25, -0.2) is 0 Å². The summed E-state index contributed by atoms with van der Waals surface area (Å²) >= 11 is 0. The van der Waals surface area contributed by atoms with E-state index in [0.717, 1.165) is 17.8 Å². The molecule has 0 aliphatic heterocycles. The molecule has 0 atom stereocenters. The fourth-order valence-corrected chi connectivity index (χ4v) is 9.74. The van der Waals surface area contributed by atoms with Crippen molar-refractivity contribution in [2.75, 3.05) is 5.32 Å². The highest BCUT2D eigenvalue weighted by molar-refractivity contribution is 5.95. The summed E-state index contributed by atoms with van der Waals surface area (Å²) in [5, 5.41) is 4.20. The standard InChI is InChI=1S/C35H31N/c1-4-10-30-26(7-1)27-8-2-5-11-31(27)35(30)32-12-6-3-9-28(32)29-14-13-25(18-33(29)35)36-34-19-22-15-23(20-34)17-24(16-22)21-34/h1-14,18,22-24,36H,15-17,19-21H2. The van der Waals surface area contributed by atoms with Gasteiger partial charge in [0.25, 0.3) is 0 Å². The first-order valence-corrected chi connectivity index (χ1v) is 14.0. The van der Waals surface area contributed by atoms with Gasteiger partial charge in [-0.05, 0) is 113 Å². The minimum atomic E-state index is -0.238. The Balaban J connectivity index is 1.26. The van der Waals surface area contributed by atoms with Gasteiger partial charge < -0.3 is 5.32 Å². The number of hydrogen-bond acceptors (Lipinski definition) is 1. The lowest BCUT2D eigenvalue weighted by Gasteiger charge is -2.57. The number of nitrogens with one attached hydrogen (secondary N) is 1. The zero-order valence-electron chi connectivity index (χ0n) is 20.6. The number of fused-ring (bicyclic) bond motifs is 10. The van der Waals surface area contributed by atoms with Crippen LogP contribution in [0.25, 0.3) is 22.3 Å². The molecule has 1 spiro atoms. The number of hydrogen-bond donors (Lipinski definition) is 1. The lowest BCUT2D eigenvalue weighted by Crippen LogP contribution is -2.54. The second-order valence-corrected chi connectivity index (χ2v) is 12.5. The van der Waals surface area contributed by atoms with Crippen LogP contribution >= 0.6 is 0 Å². The van der Waals surface area contributed by atoms with E-state index in [0.29, 0.717) is 5.54 Å². The highest BCUT2D eigenvalue weighted by Crippen LogP contribution is 2.63. The van der Waals surface area contributed by atoms with Gasteiger partial charge in [0.05, 0.1) is 5.41 Å². The fraction of sp³-hybridized carbons (Fsp3) is 0.314. The fourth-order valence-electron chi connectivity index (χ4n) is 9.74. The summed E-state index contributed by atoms with van der Waals surface area (Å²) in [6.45, 7) is 0. The third-order valence-corrected chi connectivity index (χ3v) is 10.4. The van der Waals surface area contributed by atoms with Gasteiger partial charge in [0.2, 0.25) is 0 Å². The molecule has 0 aromatic heterocycles. The van der Waals surface area contributed by atoms with Crippen molar-refractivity contribution in [1.29, 1.82) is 0 Å². The van der Waals surface area contributed by atoms with Crippen molar-refractivity contribution < 1.29 is 0 Å². The number of benzene rings is 4. The van der Waals surface area contributed by atoms with Crippen LogP contribution in [0.5, 0.6) is 0 Å². The van der Waals surface area contributed by atoms with Crippen LogP contribution in [0.4, 0.5) is 5.69 Å². The molecule has 4 aromatic carbocycles. The van der Waals surface area contributed by atoms with Gasteiger partial charge in [-0.1, -0.05) is 78.9 Å². The van der Waals surface area contributed by atoms with Gasteiger partial charge in [-0.15, -0.1) is 0 Å². The van der Waals surface area contributed by atoms with Gasteiger partial charge in [-0.3, -0.25) is 0 Å². The molecule has 0 unspecified atom stereocenters. The van der Waals surface area contributed by atoms with Gasteiger partial charge >= 0.3 is 0 Å². The van der Waals surface area contributed by atoms with Crippen LogP contribution in [0.2, 0.25) is 0 Å². The Morgan fingerprint density at radius 3 is 1.44 bits per heavy atom. The van der Waals surface area contributed by atoms with E-state index in [2.05, 4.69) is 96.3 Å². The van der Waals surface area contributed by atoms with E-state index < -0.39 is 0 Å². The molecule has 1 nitrogen and oxygen atoms in total. The number of anilines is 1. The molecule has 0 radical (unpaired) electrons.